The molecular weight excluding hydrogens is 604 g/mol. The summed E-state index contributed by atoms with van der Waals surface area (Å²) in [5.74, 6) is -0.575. The fraction of sp³-hybridized carbons (Fsp3) is 0.343. The van der Waals surface area contributed by atoms with Crippen molar-refractivity contribution in [3.63, 3.8) is 0 Å². The Kier molecular flexibility index (Phi) is 11.3. The van der Waals surface area contributed by atoms with Gasteiger partial charge in [0.25, 0.3) is 0 Å². The largest absolute Gasteiger partial charge is 0.378 e. The van der Waals surface area contributed by atoms with Crippen LogP contribution >= 0.6 is 11.6 Å². The van der Waals surface area contributed by atoms with E-state index in [0.717, 1.165) is 16.8 Å². The summed E-state index contributed by atoms with van der Waals surface area (Å²) in [4.78, 5) is 45.3. The monoisotopic (exact) mass is 644 g/mol. The zero-order chi connectivity index (χ0) is 32.5. The number of carbonyl (C=O) groups excluding carboxylic acids is 3. The molecule has 2 aliphatic heterocycles. The zero-order valence-corrected chi connectivity index (χ0v) is 26.9. The minimum absolute atomic E-state index is 0.0583. The number of urea groups is 1. The molecule has 2 aliphatic rings. The number of hydrogen-bond donors (Lipinski definition) is 2. The molecule has 0 aromatic heterocycles. The lowest BCUT2D eigenvalue weighted by molar-refractivity contribution is -0.140. The standard InChI is InChI=1S/C35H41ClN6O4/c1-3-18-40(35(45)38-23-26-12-7-5-8-13-26)41-25-31(43)42(30(41)4-2)33(27-14-9-6-10-15-27)34(44)37-24-28-16-11-17-29(36)32(28)39-19-21-46-22-20-39/h3,5-17,30,33H,1,4,18-25H2,2H3,(H,37,44)(H,38,45)/t30-,33+/m1/s1. The van der Waals surface area contributed by atoms with Crippen LogP contribution in [0.4, 0.5) is 10.5 Å². The maximum absolute atomic E-state index is 14.2. The van der Waals surface area contributed by atoms with Crippen molar-refractivity contribution in [2.75, 3.05) is 44.3 Å². The van der Waals surface area contributed by atoms with Gasteiger partial charge in [-0.3, -0.25) is 14.6 Å². The smallest absolute Gasteiger partial charge is 0.332 e. The van der Waals surface area contributed by atoms with Crippen LogP contribution in [0, 0.1) is 0 Å². The van der Waals surface area contributed by atoms with Gasteiger partial charge < -0.3 is 25.2 Å². The van der Waals surface area contributed by atoms with Gasteiger partial charge in [0.1, 0.15) is 12.2 Å². The lowest BCUT2D eigenvalue weighted by Gasteiger charge is -2.39. The molecule has 0 unspecified atom stereocenters. The third kappa shape index (κ3) is 7.52. The summed E-state index contributed by atoms with van der Waals surface area (Å²) in [6, 6.07) is 23.3. The van der Waals surface area contributed by atoms with E-state index in [1.54, 1.807) is 16.0 Å². The summed E-state index contributed by atoms with van der Waals surface area (Å²) >= 11 is 6.65. The van der Waals surface area contributed by atoms with Gasteiger partial charge in [-0.25, -0.2) is 4.79 Å². The summed E-state index contributed by atoms with van der Waals surface area (Å²) in [7, 11) is 0. The highest BCUT2D eigenvalue weighted by Gasteiger charge is 2.46. The second-order valence-corrected chi connectivity index (χ2v) is 11.6. The second kappa shape index (κ2) is 15.8. The number of nitrogens with zero attached hydrogens (tertiary/aromatic N) is 4. The highest BCUT2D eigenvalue weighted by molar-refractivity contribution is 6.33. The Morgan fingerprint density at radius 1 is 1.00 bits per heavy atom. The van der Waals surface area contributed by atoms with E-state index < -0.39 is 12.2 Å². The molecule has 2 heterocycles. The van der Waals surface area contributed by atoms with E-state index in [2.05, 4.69) is 22.1 Å². The molecule has 2 N–H and O–H groups in total. The van der Waals surface area contributed by atoms with Crippen molar-refractivity contribution in [3.8, 4) is 0 Å². The number of rotatable bonds is 12. The van der Waals surface area contributed by atoms with Crippen molar-refractivity contribution in [2.45, 2.75) is 38.6 Å². The molecule has 10 nitrogen and oxygen atoms in total. The second-order valence-electron chi connectivity index (χ2n) is 11.2. The number of hydrogen-bond acceptors (Lipinski definition) is 6. The molecule has 11 heteroatoms. The molecule has 242 valence electrons. The maximum Gasteiger partial charge on any atom is 0.332 e. The van der Waals surface area contributed by atoms with Crippen LogP contribution in [0.2, 0.25) is 5.02 Å². The fourth-order valence-corrected chi connectivity index (χ4v) is 6.41. The van der Waals surface area contributed by atoms with E-state index >= 15 is 0 Å². The van der Waals surface area contributed by atoms with E-state index in [9.17, 15) is 14.4 Å². The molecule has 0 bridgehead atoms. The Balaban J connectivity index is 1.39. The molecule has 2 atom stereocenters. The van der Waals surface area contributed by atoms with Gasteiger partial charge in [-0.2, -0.15) is 5.01 Å². The van der Waals surface area contributed by atoms with E-state index in [1.807, 2.05) is 85.8 Å². The van der Waals surface area contributed by atoms with Gasteiger partial charge in [0, 0.05) is 26.2 Å². The van der Waals surface area contributed by atoms with Crippen LogP contribution in [-0.2, 0) is 27.4 Å². The van der Waals surface area contributed by atoms with Gasteiger partial charge >= 0.3 is 6.03 Å². The molecule has 4 amide bonds. The topological polar surface area (TPSA) is 97.5 Å². The van der Waals surface area contributed by atoms with Crippen molar-refractivity contribution in [2.24, 2.45) is 0 Å². The zero-order valence-electron chi connectivity index (χ0n) is 26.1. The molecule has 0 aliphatic carbocycles. The van der Waals surface area contributed by atoms with E-state index in [1.165, 1.54) is 5.01 Å². The number of benzene rings is 3. The van der Waals surface area contributed by atoms with Crippen LogP contribution in [-0.4, -0.2) is 78.3 Å². The number of ether oxygens (including phenoxy) is 1. The minimum atomic E-state index is -0.923. The molecule has 3 aromatic rings. The number of nitrogens with one attached hydrogen (secondary N) is 2. The summed E-state index contributed by atoms with van der Waals surface area (Å²) in [6.07, 6.45) is 1.55. The summed E-state index contributed by atoms with van der Waals surface area (Å²) in [5, 5.41) is 9.91. The van der Waals surface area contributed by atoms with Gasteiger partial charge in [0.15, 0.2) is 0 Å². The first-order chi connectivity index (χ1) is 22.4. The van der Waals surface area contributed by atoms with Crippen molar-refractivity contribution in [3.05, 3.63) is 113 Å². The number of amides is 4. The number of morpholine rings is 1. The van der Waals surface area contributed by atoms with E-state index in [4.69, 9.17) is 16.3 Å². The Labute approximate surface area is 275 Å². The number of hydrazine groups is 1. The third-order valence-electron chi connectivity index (χ3n) is 8.24. The van der Waals surface area contributed by atoms with E-state index in [-0.39, 0.29) is 37.5 Å². The number of para-hydroxylation sites is 1. The Bertz CT molecular complexity index is 1500. The molecular formula is C35H41ClN6O4. The summed E-state index contributed by atoms with van der Waals surface area (Å²) in [6.45, 7) is 9.09. The van der Waals surface area contributed by atoms with Crippen molar-refractivity contribution < 1.29 is 19.1 Å². The van der Waals surface area contributed by atoms with E-state index in [0.29, 0.717) is 49.9 Å². The number of carbonyl (C=O) groups is 3. The van der Waals surface area contributed by atoms with Crippen LogP contribution in [0.1, 0.15) is 36.1 Å². The summed E-state index contributed by atoms with van der Waals surface area (Å²) in [5.41, 5.74) is 3.39. The molecule has 2 fully saturated rings. The van der Waals surface area contributed by atoms with Crippen LogP contribution < -0.4 is 15.5 Å². The van der Waals surface area contributed by atoms with Crippen LogP contribution in [0.15, 0.2) is 91.5 Å². The average Bonchev–Trinajstić information content (AvgIpc) is 3.41. The van der Waals surface area contributed by atoms with Crippen LogP contribution in [0.3, 0.4) is 0 Å². The van der Waals surface area contributed by atoms with Gasteiger partial charge in [0.05, 0.1) is 37.0 Å². The SMILES string of the molecule is C=CCN(C(=O)NCc1ccccc1)N1CC(=O)N([C@H](C(=O)NCc2cccc(Cl)c2N2CCOCC2)c2ccccc2)[C@@H]1CC. The lowest BCUT2D eigenvalue weighted by Crippen LogP contribution is -2.55. The molecule has 0 spiro atoms. The third-order valence-corrected chi connectivity index (χ3v) is 8.55. The molecule has 0 radical (unpaired) electrons. The quantitative estimate of drug-likeness (QED) is 0.277. The Hall–Kier alpha value is -4.38. The number of anilines is 1. The predicted molar refractivity (Wildman–Crippen MR) is 179 cm³/mol. The molecule has 2 saturated heterocycles. The van der Waals surface area contributed by atoms with Crippen molar-refractivity contribution >= 4 is 35.1 Å². The van der Waals surface area contributed by atoms with Crippen LogP contribution in [0.5, 0.6) is 0 Å². The molecule has 5 rings (SSSR count). The van der Waals surface area contributed by atoms with Gasteiger partial charge in [0.2, 0.25) is 11.8 Å². The fourth-order valence-electron chi connectivity index (χ4n) is 6.09. The first-order valence-corrected chi connectivity index (χ1v) is 16.0. The molecule has 3 aromatic carbocycles. The predicted octanol–water partition coefficient (Wildman–Crippen LogP) is 4.73. The maximum atomic E-state index is 14.2. The molecule has 0 saturated carbocycles. The van der Waals surface area contributed by atoms with Gasteiger partial charge in [-0.1, -0.05) is 97.4 Å². The first-order valence-electron chi connectivity index (χ1n) is 15.6. The number of halogens is 1. The highest BCUT2D eigenvalue weighted by atomic mass is 35.5. The first kappa shape index (κ1) is 33.0. The van der Waals surface area contributed by atoms with Crippen LogP contribution in [0.25, 0.3) is 0 Å². The average molecular weight is 645 g/mol. The van der Waals surface area contributed by atoms with Gasteiger partial charge in [-0.15, -0.1) is 6.58 Å². The Morgan fingerprint density at radius 2 is 1.70 bits per heavy atom. The minimum Gasteiger partial charge on any atom is -0.378 e. The van der Waals surface area contributed by atoms with Crippen molar-refractivity contribution in [1.82, 2.24) is 25.6 Å². The summed E-state index contributed by atoms with van der Waals surface area (Å²) < 4.78 is 5.53. The highest BCUT2D eigenvalue weighted by Crippen LogP contribution is 2.33. The Morgan fingerprint density at radius 3 is 2.37 bits per heavy atom. The normalized spacial score (nSPS) is 17.4. The van der Waals surface area contributed by atoms with Crippen molar-refractivity contribution in [1.29, 1.82) is 0 Å². The van der Waals surface area contributed by atoms with Gasteiger partial charge in [-0.05, 0) is 29.2 Å². The molecule has 46 heavy (non-hydrogen) atoms. The lowest BCUT2D eigenvalue weighted by atomic mass is 10.0.